The van der Waals surface area contributed by atoms with E-state index in [-0.39, 0.29) is 5.56 Å². The molecule has 0 aliphatic heterocycles. The van der Waals surface area contributed by atoms with Crippen LogP contribution in [0, 0.1) is 5.92 Å². The van der Waals surface area contributed by atoms with Gasteiger partial charge in [0, 0.05) is 25.3 Å². The van der Waals surface area contributed by atoms with Crippen LogP contribution in [0.4, 0.5) is 23.2 Å². The third-order valence-corrected chi connectivity index (χ3v) is 3.13. The first-order chi connectivity index (χ1) is 10.5. The Balaban J connectivity index is 2.66. The zero-order valence-corrected chi connectivity index (χ0v) is 12.7. The summed E-state index contributed by atoms with van der Waals surface area (Å²) in [5.74, 6) is -4.81. The first kappa shape index (κ1) is 18.7. The Labute approximate surface area is 130 Å². The molecule has 0 heterocycles. The zero-order chi connectivity index (χ0) is 17.8. The number of carbonyl (C=O) groups excluding carboxylic acids is 2. The number of hydrogen-bond acceptors (Lipinski definition) is 3. The summed E-state index contributed by atoms with van der Waals surface area (Å²) in [5, 5.41) is 0. The third kappa shape index (κ3) is 5.11. The van der Waals surface area contributed by atoms with Gasteiger partial charge in [0.2, 0.25) is 0 Å². The van der Waals surface area contributed by atoms with Crippen LogP contribution in [0.25, 0.3) is 0 Å². The molecule has 0 aliphatic rings. The van der Waals surface area contributed by atoms with Gasteiger partial charge in [-0.1, -0.05) is 13.0 Å². The highest BCUT2D eigenvalue weighted by atomic mass is 19.4. The standard InChI is InChI=1S/C14H17F4N3O2/c1-8(14(16,17)18)11(15)13(23)20-19-12(22)9-5-4-6-10(7-9)21(2)3/h4-8,11H,1-3H3,(H,19,22)(H,20,23). The van der Waals surface area contributed by atoms with Crippen molar-refractivity contribution < 1.29 is 27.2 Å². The van der Waals surface area contributed by atoms with Gasteiger partial charge in [0.25, 0.3) is 11.8 Å². The van der Waals surface area contributed by atoms with E-state index >= 15 is 0 Å². The molecule has 0 spiro atoms. The van der Waals surface area contributed by atoms with Crippen LogP contribution in [-0.4, -0.2) is 38.3 Å². The van der Waals surface area contributed by atoms with Gasteiger partial charge in [0.1, 0.15) is 0 Å². The van der Waals surface area contributed by atoms with Gasteiger partial charge in [-0.25, -0.2) is 4.39 Å². The Morgan fingerprint density at radius 3 is 2.30 bits per heavy atom. The Kier molecular flexibility index (Phi) is 5.94. The second-order valence-electron chi connectivity index (χ2n) is 5.12. The summed E-state index contributed by atoms with van der Waals surface area (Å²) in [7, 11) is 3.51. The number of anilines is 1. The fourth-order valence-electron chi connectivity index (χ4n) is 1.58. The summed E-state index contributed by atoms with van der Waals surface area (Å²) in [5.41, 5.74) is 4.41. The van der Waals surface area contributed by atoms with E-state index in [1.807, 2.05) is 5.43 Å². The van der Waals surface area contributed by atoms with Crippen LogP contribution in [0.3, 0.4) is 0 Å². The zero-order valence-electron chi connectivity index (χ0n) is 12.7. The summed E-state index contributed by atoms with van der Waals surface area (Å²) >= 11 is 0. The van der Waals surface area contributed by atoms with Gasteiger partial charge in [-0.15, -0.1) is 0 Å². The largest absolute Gasteiger partial charge is 0.394 e. The number of amides is 2. The lowest BCUT2D eigenvalue weighted by molar-refractivity contribution is -0.188. The lowest BCUT2D eigenvalue weighted by Gasteiger charge is -2.19. The first-order valence-electron chi connectivity index (χ1n) is 6.62. The summed E-state index contributed by atoms with van der Waals surface area (Å²) < 4.78 is 50.4. The highest BCUT2D eigenvalue weighted by Gasteiger charge is 2.44. The molecule has 2 atom stereocenters. The molecule has 5 nitrogen and oxygen atoms in total. The number of halogens is 4. The summed E-state index contributed by atoms with van der Waals surface area (Å²) in [6.45, 7) is 0.548. The molecule has 1 rings (SSSR count). The molecule has 0 aliphatic carbocycles. The van der Waals surface area contributed by atoms with Gasteiger partial charge in [0.15, 0.2) is 6.17 Å². The van der Waals surface area contributed by atoms with Crippen LogP contribution < -0.4 is 15.8 Å². The van der Waals surface area contributed by atoms with E-state index < -0.39 is 30.1 Å². The number of carbonyl (C=O) groups is 2. The Bertz CT molecular complexity index is 575. The highest BCUT2D eigenvalue weighted by Crippen LogP contribution is 2.29. The smallest absolute Gasteiger partial charge is 0.378 e. The molecule has 2 unspecified atom stereocenters. The van der Waals surface area contributed by atoms with E-state index in [1.165, 1.54) is 12.1 Å². The molecule has 2 amide bonds. The fraction of sp³-hybridized carbons (Fsp3) is 0.429. The molecule has 1 aromatic rings. The molecule has 128 valence electrons. The van der Waals surface area contributed by atoms with Gasteiger partial charge < -0.3 is 4.90 Å². The van der Waals surface area contributed by atoms with Crippen molar-refractivity contribution in [2.75, 3.05) is 19.0 Å². The highest BCUT2D eigenvalue weighted by molar-refractivity contribution is 5.96. The third-order valence-electron chi connectivity index (χ3n) is 3.13. The number of hydrazine groups is 1. The molecule has 0 saturated heterocycles. The van der Waals surface area contributed by atoms with Crippen molar-refractivity contribution >= 4 is 17.5 Å². The molecule has 0 radical (unpaired) electrons. The van der Waals surface area contributed by atoms with E-state index in [4.69, 9.17) is 0 Å². The van der Waals surface area contributed by atoms with Crippen LogP contribution in [0.15, 0.2) is 24.3 Å². The maximum Gasteiger partial charge on any atom is 0.394 e. The van der Waals surface area contributed by atoms with Crippen molar-refractivity contribution in [1.29, 1.82) is 0 Å². The Morgan fingerprint density at radius 1 is 1.17 bits per heavy atom. The van der Waals surface area contributed by atoms with Gasteiger partial charge in [-0.3, -0.25) is 20.4 Å². The number of nitrogens with one attached hydrogen (secondary N) is 2. The Morgan fingerprint density at radius 2 is 1.78 bits per heavy atom. The average Bonchev–Trinajstić information content (AvgIpc) is 2.49. The Hall–Kier alpha value is -2.32. The van der Waals surface area contributed by atoms with Crippen LogP contribution in [0.1, 0.15) is 17.3 Å². The number of rotatable bonds is 4. The number of benzene rings is 1. The second kappa shape index (κ2) is 7.30. The lowest BCUT2D eigenvalue weighted by Crippen LogP contribution is -2.48. The van der Waals surface area contributed by atoms with Crippen molar-refractivity contribution in [1.82, 2.24) is 10.9 Å². The minimum atomic E-state index is -4.85. The predicted octanol–water partition coefficient (Wildman–Crippen LogP) is 2.05. The van der Waals surface area contributed by atoms with Gasteiger partial charge in [0.05, 0.1) is 5.92 Å². The van der Waals surface area contributed by atoms with Crippen molar-refractivity contribution in [3.8, 4) is 0 Å². The van der Waals surface area contributed by atoms with Crippen LogP contribution in [-0.2, 0) is 4.79 Å². The van der Waals surface area contributed by atoms with Crippen molar-refractivity contribution in [2.24, 2.45) is 5.92 Å². The number of alkyl halides is 4. The van der Waals surface area contributed by atoms with E-state index in [0.29, 0.717) is 12.6 Å². The summed E-state index contributed by atoms with van der Waals surface area (Å²) in [6, 6.07) is 6.28. The maximum absolute atomic E-state index is 13.4. The maximum atomic E-state index is 13.4. The van der Waals surface area contributed by atoms with Gasteiger partial charge in [-0.05, 0) is 18.2 Å². The molecule has 0 fully saturated rings. The van der Waals surface area contributed by atoms with Crippen LogP contribution in [0.5, 0.6) is 0 Å². The van der Waals surface area contributed by atoms with Gasteiger partial charge >= 0.3 is 6.18 Å². The molecule has 0 saturated carbocycles. The predicted molar refractivity (Wildman–Crippen MR) is 76.5 cm³/mol. The van der Waals surface area contributed by atoms with Crippen LogP contribution >= 0.6 is 0 Å². The topological polar surface area (TPSA) is 61.4 Å². The quantitative estimate of drug-likeness (QED) is 0.654. The van der Waals surface area contributed by atoms with Crippen molar-refractivity contribution in [3.63, 3.8) is 0 Å². The van der Waals surface area contributed by atoms with Crippen molar-refractivity contribution in [3.05, 3.63) is 29.8 Å². The van der Waals surface area contributed by atoms with Gasteiger partial charge in [-0.2, -0.15) is 13.2 Å². The van der Waals surface area contributed by atoms with E-state index in [9.17, 15) is 27.2 Å². The van der Waals surface area contributed by atoms with Crippen molar-refractivity contribution in [2.45, 2.75) is 19.3 Å². The molecule has 0 aromatic heterocycles. The lowest BCUT2D eigenvalue weighted by atomic mass is 10.1. The summed E-state index contributed by atoms with van der Waals surface area (Å²) in [6.07, 6.45) is -7.66. The molecule has 23 heavy (non-hydrogen) atoms. The summed E-state index contributed by atoms with van der Waals surface area (Å²) in [4.78, 5) is 24.9. The molecule has 1 aromatic carbocycles. The average molecular weight is 335 g/mol. The van der Waals surface area contributed by atoms with Crippen LogP contribution in [0.2, 0.25) is 0 Å². The van der Waals surface area contributed by atoms with E-state index in [2.05, 4.69) is 0 Å². The molecular formula is C14H17F4N3O2. The molecule has 2 N–H and O–H groups in total. The SMILES string of the molecule is CC(C(F)C(=O)NNC(=O)c1cccc(N(C)C)c1)C(F)(F)F. The van der Waals surface area contributed by atoms with E-state index in [0.717, 1.165) is 0 Å². The minimum absolute atomic E-state index is 0.163. The second-order valence-corrected chi connectivity index (χ2v) is 5.12. The monoisotopic (exact) mass is 335 g/mol. The molecular weight excluding hydrogens is 318 g/mol. The minimum Gasteiger partial charge on any atom is -0.378 e. The molecule has 0 bridgehead atoms. The number of nitrogens with zero attached hydrogens (tertiary/aromatic N) is 1. The fourth-order valence-corrected chi connectivity index (χ4v) is 1.58. The van der Waals surface area contributed by atoms with E-state index in [1.54, 1.807) is 36.6 Å². The first-order valence-corrected chi connectivity index (χ1v) is 6.62. The number of hydrogen-bond donors (Lipinski definition) is 2. The molecule has 9 heteroatoms. The normalized spacial score (nSPS) is 13.9.